The first-order valence-electron chi connectivity index (χ1n) is 19.1. The number of anilines is 2. The second kappa shape index (κ2) is 21.2. The van der Waals surface area contributed by atoms with Gasteiger partial charge in [0.1, 0.15) is 17.2 Å². The number of benzene rings is 7. The number of phenols is 1. The van der Waals surface area contributed by atoms with Gasteiger partial charge in [-0.2, -0.15) is 35.8 Å². The second-order valence-electron chi connectivity index (χ2n) is 13.8. The predicted octanol–water partition coefficient (Wildman–Crippen LogP) is 13.3. The number of para-hydroxylation sites is 1. The predicted molar refractivity (Wildman–Crippen MR) is 240 cm³/mol. The van der Waals surface area contributed by atoms with E-state index in [1.54, 1.807) is 18.2 Å². The second-order valence-corrected chi connectivity index (χ2v) is 14.2. The van der Waals surface area contributed by atoms with Gasteiger partial charge in [-0.25, -0.2) is 0 Å². The van der Waals surface area contributed by atoms with E-state index in [9.17, 15) is 14.7 Å². The van der Waals surface area contributed by atoms with Crippen LogP contribution in [-0.4, -0.2) is 30.7 Å². The fourth-order valence-electron chi connectivity index (χ4n) is 6.08. The van der Waals surface area contributed by atoms with E-state index in [-0.39, 0.29) is 30.2 Å². The lowest BCUT2D eigenvalue weighted by Crippen LogP contribution is -1.92. The number of carbonyl (C=O) groups is 2. The molecule has 0 aliphatic carbocycles. The zero-order valence-electron chi connectivity index (χ0n) is 34.6. The molecule has 0 aliphatic rings. The van der Waals surface area contributed by atoms with Gasteiger partial charge in [0.05, 0.1) is 39.8 Å². The molecule has 17 nitrogen and oxygen atoms in total. The van der Waals surface area contributed by atoms with Crippen molar-refractivity contribution in [3.05, 3.63) is 150 Å². The summed E-state index contributed by atoms with van der Waals surface area (Å²) in [5, 5.41) is 51.2. The molecule has 0 spiro atoms. The third-order valence-electron chi connectivity index (χ3n) is 9.23. The molecule has 0 unspecified atom stereocenters. The summed E-state index contributed by atoms with van der Waals surface area (Å²) in [6.07, 6.45) is 0. The van der Waals surface area contributed by atoms with Crippen molar-refractivity contribution in [2.75, 3.05) is 5.32 Å². The van der Waals surface area contributed by atoms with Crippen LogP contribution in [0.3, 0.4) is 0 Å². The van der Waals surface area contributed by atoms with Crippen LogP contribution >= 0.6 is 0 Å². The standard InChI is InChI=1S/C46H37N9O5.O3S/c1-28-19-36(13-16-41(28)51-48-35-12-17-42(29(2)18-35)52-50-37-23-38(59-26-56)25-39(24-37)60-27-57)49-54-44-20-31(4)45(21-30(44)3)55-53-43-15-10-32-22-34(11-14-40(32)46(43)58)47-33-8-6-5-7-9-33;1-4(2)3/h5-27,47,58H,1-4H3;. The molecule has 18 heteroatoms. The Kier molecular flexibility index (Phi) is 14.9. The number of hydrogen-bond acceptors (Lipinski definition) is 17. The highest BCUT2D eigenvalue weighted by atomic mass is 32.2. The van der Waals surface area contributed by atoms with Crippen molar-refractivity contribution in [1.82, 2.24) is 0 Å². The van der Waals surface area contributed by atoms with Gasteiger partial charge in [-0.3, -0.25) is 9.59 Å². The topological polar surface area (TPSA) is 235 Å². The quantitative estimate of drug-likeness (QED) is 0.0779. The smallest absolute Gasteiger partial charge is 0.425 e. The van der Waals surface area contributed by atoms with E-state index in [0.29, 0.717) is 50.9 Å². The summed E-state index contributed by atoms with van der Waals surface area (Å²) >= 11 is 0. The Bertz CT molecular complexity index is 3070. The van der Waals surface area contributed by atoms with Crippen LogP contribution in [0.25, 0.3) is 10.8 Å². The summed E-state index contributed by atoms with van der Waals surface area (Å²) in [7, 11) is -3.11. The van der Waals surface area contributed by atoms with Crippen LogP contribution in [0.1, 0.15) is 22.3 Å². The van der Waals surface area contributed by atoms with Crippen LogP contribution in [0.15, 0.2) is 168 Å². The first-order chi connectivity index (χ1) is 30.9. The van der Waals surface area contributed by atoms with E-state index in [4.69, 9.17) is 22.1 Å². The lowest BCUT2D eigenvalue weighted by atomic mass is 10.1. The lowest BCUT2D eigenvalue weighted by molar-refractivity contribution is -0.121. The van der Waals surface area contributed by atoms with Gasteiger partial charge in [0.2, 0.25) is 0 Å². The minimum atomic E-state index is -3.11. The van der Waals surface area contributed by atoms with Gasteiger partial charge < -0.3 is 19.9 Å². The molecule has 0 amide bonds. The third-order valence-corrected chi connectivity index (χ3v) is 9.23. The minimum Gasteiger partial charge on any atom is -0.505 e. The SMILES string of the molecule is Cc1cc(N=Nc2ccc(N=Nc3cc(C)c(N=Nc4ccc5cc(Nc6ccccc6)ccc5c4O)cc3C)cc2C)ccc1N=Nc1cc(OC=O)cc(OC=O)c1.O=S(=O)=O. The summed E-state index contributed by atoms with van der Waals surface area (Å²) in [6, 6.07) is 38.4. The maximum Gasteiger partial charge on any atom is 0.425 e. The average molecular weight is 876 g/mol. The highest BCUT2D eigenvalue weighted by molar-refractivity contribution is 7.59. The number of rotatable bonds is 14. The Morgan fingerprint density at radius 1 is 0.469 bits per heavy atom. The summed E-state index contributed by atoms with van der Waals surface area (Å²) in [6.45, 7) is 8.17. The number of hydrogen-bond donors (Lipinski definition) is 2. The van der Waals surface area contributed by atoms with Crippen LogP contribution in [-0.2, 0) is 20.2 Å². The molecule has 0 bridgehead atoms. The number of aromatic hydroxyl groups is 1. The molecule has 0 saturated heterocycles. The maximum atomic E-state index is 11.0. The Balaban J connectivity index is 0.00000163. The van der Waals surface area contributed by atoms with Gasteiger partial charge >= 0.3 is 10.6 Å². The first kappa shape index (κ1) is 44.9. The molecule has 0 atom stereocenters. The Labute approximate surface area is 367 Å². The fourth-order valence-corrected chi connectivity index (χ4v) is 6.08. The highest BCUT2D eigenvalue weighted by Gasteiger charge is 2.10. The third kappa shape index (κ3) is 12.2. The van der Waals surface area contributed by atoms with Crippen LogP contribution in [0, 0.1) is 27.7 Å². The van der Waals surface area contributed by atoms with Crippen LogP contribution in [0.4, 0.5) is 56.9 Å². The molecule has 7 aromatic rings. The Hall–Kier alpha value is -8.64. The van der Waals surface area contributed by atoms with Crippen molar-refractivity contribution in [2.45, 2.75) is 27.7 Å². The molecule has 7 rings (SSSR count). The molecule has 2 N–H and O–H groups in total. The van der Waals surface area contributed by atoms with E-state index < -0.39 is 10.6 Å². The van der Waals surface area contributed by atoms with E-state index in [0.717, 1.165) is 39.0 Å². The maximum absolute atomic E-state index is 11.0. The minimum absolute atomic E-state index is 0.0617. The molecule has 7 aromatic carbocycles. The van der Waals surface area contributed by atoms with E-state index in [1.165, 1.54) is 18.2 Å². The van der Waals surface area contributed by atoms with E-state index in [1.807, 2.05) is 119 Å². The molecule has 0 radical (unpaired) electrons. The molecule has 0 aromatic heterocycles. The average Bonchev–Trinajstić information content (AvgIpc) is 3.26. The van der Waals surface area contributed by atoms with Gasteiger partial charge in [-0.15, -0.1) is 17.7 Å². The molecule has 0 heterocycles. The zero-order valence-corrected chi connectivity index (χ0v) is 35.4. The van der Waals surface area contributed by atoms with Crippen LogP contribution in [0.2, 0.25) is 0 Å². The van der Waals surface area contributed by atoms with Crippen LogP contribution < -0.4 is 14.8 Å². The molecule has 320 valence electrons. The van der Waals surface area contributed by atoms with Crippen LogP contribution in [0.5, 0.6) is 17.2 Å². The molecule has 0 aliphatic heterocycles. The van der Waals surface area contributed by atoms with E-state index >= 15 is 0 Å². The number of nitrogens with one attached hydrogen (secondary N) is 1. The normalized spacial score (nSPS) is 11.2. The number of aryl methyl sites for hydroxylation is 4. The van der Waals surface area contributed by atoms with Gasteiger partial charge in [-0.05, 0) is 140 Å². The number of carbonyl (C=O) groups excluding carboxylic acids is 2. The lowest BCUT2D eigenvalue weighted by Gasteiger charge is -2.09. The summed E-state index contributed by atoms with van der Waals surface area (Å²) in [4.78, 5) is 21.5. The number of ether oxygens (including phenoxy) is 2. The van der Waals surface area contributed by atoms with Gasteiger partial charge in [0.25, 0.3) is 12.9 Å². The monoisotopic (exact) mass is 875 g/mol. The number of fused-ring (bicyclic) bond motifs is 1. The Morgan fingerprint density at radius 2 is 0.938 bits per heavy atom. The number of azo groups is 4. The highest BCUT2D eigenvalue weighted by Crippen LogP contribution is 2.39. The van der Waals surface area contributed by atoms with Crippen molar-refractivity contribution in [1.29, 1.82) is 0 Å². The summed E-state index contributed by atoms with van der Waals surface area (Å²) in [5.74, 6) is 0.370. The van der Waals surface area contributed by atoms with Gasteiger partial charge in [0.15, 0.2) is 5.75 Å². The van der Waals surface area contributed by atoms with Crippen molar-refractivity contribution >= 4 is 91.2 Å². The molecule has 0 saturated carbocycles. The zero-order chi connectivity index (χ0) is 45.6. The Morgan fingerprint density at radius 3 is 1.47 bits per heavy atom. The molecule has 0 fully saturated rings. The fraction of sp³-hybridized carbons (Fsp3) is 0.0870. The van der Waals surface area contributed by atoms with E-state index in [2.05, 4.69) is 46.2 Å². The summed E-state index contributed by atoms with van der Waals surface area (Å²) in [5.41, 5.74) is 9.82. The van der Waals surface area contributed by atoms with Crippen molar-refractivity contribution in [2.24, 2.45) is 40.9 Å². The van der Waals surface area contributed by atoms with Gasteiger partial charge in [0, 0.05) is 35.0 Å². The van der Waals surface area contributed by atoms with Crippen molar-refractivity contribution in [3.8, 4) is 17.2 Å². The largest absolute Gasteiger partial charge is 0.505 e. The first-order valence-corrected chi connectivity index (χ1v) is 20.1. The van der Waals surface area contributed by atoms with Crippen molar-refractivity contribution < 1.29 is 36.8 Å². The number of phenolic OH excluding ortho intramolecular Hbond substituents is 1. The van der Waals surface area contributed by atoms with Crippen molar-refractivity contribution in [3.63, 3.8) is 0 Å². The molecule has 64 heavy (non-hydrogen) atoms. The molecular formula is C46H37N9O8S. The number of nitrogens with zero attached hydrogens (tertiary/aromatic N) is 8. The van der Waals surface area contributed by atoms with Gasteiger partial charge in [-0.1, -0.05) is 24.3 Å². The summed E-state index contributed by atoms with van der Waals surface area (Å²) < 4.78 is 35.1. The molecular weight excluding hydrogens is 839 g/mol.